The van der Waals surface area contributed by atoms with Crippen molar-refractivity contribution in [3.8, 4) is 0 Å². The van der Waals surface area contributed by atoms with Crippen molar-refractivity contribution in [1.29, 1.82) is 0 Å². The lowest BCUT2D eigenvalue weighted by molar-refractivity contribution is 0.0950. The van der Waals surface area contributed by atoms with E-state index in [9.17, 15) is 18.0 Å². The molecule has 33 heavy (non-hydrogen) atoms. The van der Waals surface area contributed by atoms with Gasteiger partial charge in [-0.1, -0.05) is 0 Å². The summed E-state index contributed by atoms with van der Waals surface area (Å²) < 4.78 is 26.5. The molecule has 1 heterocycles. The summed E-state index contributed by atoms with van der Waals surface area (Å²) in [5.74, 6) is -0.508. The highest BCUT2D eigenvalue weighted by molar-refractivity contribution is 7.89. The molecule has 2 aliphatic rings. The van der Waals surface area contributed by atoms with Crippen LogP contribution in [0.1, 0.15) is 52.8 Å². The maximum atomic E-state index is 13.3. The second-order valence-corrected chi connectivity index (χ2v) is 10.9. The van der Waals surface area contributed by atoms with Gasteiger partial charge in [-0.2, -0.15) is 0 Å². The van der Waals surface area contributed by atoms with Gasteiger partial charge in [-0.3, -0.25) is 9.59 Å². The third-order valence-electron chi connectivity index (χ3n) is 6.01. The van der Waals surface area contributed by atoms with E-state index < -0.39 is 10.0 Å². The maximum Gasteiger partial charge on any atom is 0.257 e. The van der Waals surface area contributed by atoms with Crippen molar-refractivity contribution in [1.82, 2.24) is 9.62 Å². The van der Waals surface area contributed by atoms with Crippen LogP contribution in [0.15, 0.2) is 47.4 Å². The highest BCUT2D eigenvalue weighted by Crippen LogP contribution is 2.29. The number of sulfonamides is 1. The van der Waals surface area contributed by atoms with Crippen LogP contribution in [0.5, 0.6) is 0 Å². The van der Waals surface area contributed by atoms with E-state index in [1.807, 2.05) is 0 Å². The highest BCUT2D eigenvalue weighted by Gasteiger charge is 2.25. The van der Waals surface area contributed by atoms with Crippen LogP contribution in [0.3, 0.4) is 0 Å². The maximum absolute atomic E-state index is 13.3. The Bertz CT molecular complexity index is 1140. The molecular weight excluding hydrogens is 440 g/mol. The van der Waals surface area contributed by atoms with Gasteiger partial charge >= 0.3 is 0 Å². The molecule has 0 unspecified atom stereocenters. The van der Waals surface area contributed by atoms with Crippen molar-refractivity contribution >= 4 is 33.2 Å². The van der Waals surface area contributed by atoms with Crippen LogP contribution in [0.2, 0.25) is 0 Å². The first-order valence-electron chi connectivity index (χ1n) is 11.3. The van der Waals surface area contributed by atoms with Gasteiger partial charge in [-0.05, 0) is 74.6 Å². The van der Waals surface area contributed by atoms with Crippen LogP contribution in [0.25, 0.3) is 0 Å². The molecule has 0 aromatic heterocycles. The van der Waals surface area contributed by atoms with E-state index in [4.69, 9.17) is 0 Å². The Kier molecular flexibility index (Phi) is 6.71. The fourth-order valence-electron chi connectivity index (χ4n) is 3.88. The van der Waals surface area contributed by atoms with E-state index in [0.29, 0.717) is 16.8 Å². The molecule has 2 fully saturated rings. The standard InChI is InChI=1S/C24H30N4O4S/c1-27(2)33(31,32)20-12-13-22(28-14-4-3-5-15-28)21(16-20)24(30)26-18-8-6-17(7-9-18)23(29)25-19-10-11-19/h6-9,12-13,16,19H,3-5,10-11,14-15H2,1-2H3,(H,25,29)(H,26,30). The lowest BCUT2D eigenvalue weighted by Crippen LogP contribution is -2.32. The van der Waals surface area contributed by atoms with E-state index in [1.54, 1.807) is 36.4 Å². The lowest BCUT2D eigenvalue weighted by atomic mass is 10.1. The molecule has 1 saturated heterocycles. The first kappa shape index (κ1) is 23.3. The fourth-order valence-corrected chi connectivity index (χ4v) is 4.81. The largest absolute Gasteiger partial charge is 0.371 e. The molecule has 0 bridgehead atoms. The van der Waals surface area contributed by atoms with Crippen molar-refractivity contribution in [3.63, 3.8) is 0 Å². The molecule has 8 nitrogen and oxygen atoms in total. The zero-order valence-corrected chi connectivity index (χ0v) is 19.8. The number of hydrogen-bond donors (Lipinski definition) is 2. The topological polar surface area (TPSA) is 98.8 Å². The number of piperidine rings is 1. The third kappa shape index (κ3) is 5.36. The smallest absolute Gasteiger partial charge is 0.257 e. The van der Waals surface area contributed by atoms with E-state index in [2.05, 4.69) is 15.5 Å². The van der Waals surface area contributed by atoms with Crippen molar-refractivity contribution in [3.05, 3.63) is 53.6 Å². The summed E-state index contributed by atoms with van der Waals surface area (Å²) >= 11 is 0. The molecule has 4 rings (SSSR count). The third-order valence-corrected chi connectivity index (χ3v) is 7.82. The van der Waals surface area contributed by atoms with Crippen LogP contribution >= 0.6 is 0 Å². The van der Waals surface area contributed by atoms with E-state index in [-0.39, 0.29) is 22.8 Å². The zero-order chi connectivity index (χ0) is 23.6. The molecule has 1 saturated carbocycles. The fraction of sp³-hybridized carbons (Fsp3) is 0.417. The Morgan fingerprint density at radius 3 is 2.21 bits per heavy atom. The Balaban J connectivity index is 1.59. The van der Waals surface area contributed by atoms with E-state index >= 15 is 0 Å². The minimum absolute atomic E-state index is 0.0745. The number of nitrogens with one attached hydrogen (secondary N) is 2. The van der Waals surface area contributed by atoms with E-state index in [1.165, 1.54) is 20.2 Å². The number of anilines is 2. The van der Waals surface area contributed by atoms with Gasteiger partial charge in [0.15, 0.2) is 0 Å². The molecule has 2 amide bonds. The van der Waals surface area contributed by atoms with Gasteiger partial charge in [0.2, 0.25) is 10.0 Å². The molecule has 0 atom stereocenters. The van der Waals surface area contributed by atoms with Gasteiger partial charge < -0.3 is 15.5 Å². The van der Waals surface area contributed by atoms with Crippen molar-refractivity contribution in [2.75, 3.05) is 37.4 Å². The Morgan fingerprint density at radius 1 is 0.939 bits per heavy atom. The van der Waals surface area contributed by atoms with Gasteiger partial charge in [0.1, 0.15) is 0 Å². The minimum Gasteiger partial charge on any atom is -0.371 e. The Hall–Kier alpha value is -2.91. The summed E-state index contributed by atoms with van der Waals surface area (Å²) in [6.07, 6.45) is 5.24. The number of carbonyl (C=O) groups excluding carboxylic acids is 2. The summed E-state index contributed by atoms with van der Waals surface area (Å²) in [6.45, 7) is 1.65. The normalized spacial score (nSPS) is 16.5. The quantitative estimate of drug-likeness (QED) is 0.648. The van der Waals surface area contributed by atoms with Gasteiger partial charge in [-0.15, -0.1) is 0 Å². The average Bonchev–Trinajstić information content (AvgIpc) is 3.63. The minimum atomic E-state index is -3.68. The van der Waals surface area contributed by atoms with Crippen molar-refractivity contribution in [2.45, 2.75) is 43.0 Å². The predicted molar refractivity (Wildman–Crippen MR) is 128 cm³/mol. The number of carbonyl (C=O) groups is 2. The first-order valence-corrected chi connectivity index (χ1v) is 12.7. The highest BCUT2D eigenvalue weighted by atomic mass is 32.2. The van der Waals surface area contributed by atoms with Gasteiger partial charge in [0, 0.05) is 50.2 Å². The molecule has 9 heteroatoms. The summed E-state index contributed by atoms with van der Waals surface area (Å²) in [6, 6.07) is 11.7. The number of benzene rings is 2. The number of rotatable bonds is 7. The van der Waals surface area contributed by atoms with Crippen LogP contribution in [0, 0.1) is 0 Å². The molecule has 0 spiro atoms. The predicted octanol–water partition coefficient (Wildman–Crippen LogP) is 3.07. The van der Waals surface area contributed by atoms with Crippen LogP contribution in [-0.2, 0) is 10.0 Å². The lowest BCUT2D eigenvalue weighted by Gasteiger charge is -2.30. The molecule has 2 N–H and O–H groups in total. The summed E-state index contributed by atoms with van der Waals surface area (Å²) in [4.78, 5) is 27.7. The Labute approximate surface area is 195 Å². The Morgan fingerprint density at radius 2 is 1.61 bits per heavy atom. The van der Waals surface area contributed by atoms with Crippen molar-refractivity contribution in [2.24, 2.45) is 0 Å². The zero-order valence-electron chi connectivity index (χ0n) is 19.0. The van der Waals surface area contributed by atoms with Crippen LogP contribution in [0.4, 0.5) is 11.4 Å². The SMILES string of the molecule is CN(C)S(=O)(=O)c1ccc(N2CCCCC2)c(C(=O)Nc2ccc(C(=O)NC3CC3)cc2)c1. The molecule has 1 aliphatic heterocycles. The summed E-state index contributed by atoms with van der Waals surface area (Å²) in [5.41, 5.74) is 2.11. The molecular formula is C24H30N4O4S. The van der Waals surface area contributed by atoms with E-state index in [0.717, 1.165) is 55.2 Å². The molecule has 1 aliphatic carbocycles. The molecule has 0 radical (unpaired) electrons. The summed E-state index contributed by atoms with van der Waals surface area (Å²) in [5, 5.41) is 5.80. The van der Waals surface area contributed by atoms with Crippen molar-refractivity contribution < 1.29 is 18.0 Å². The second kappa shape index (κ2) is 9.52. The monoisotopic (exact) mass is 470 g/mol. The van der Waals surface area contributed by atoms with Gasteiger partial charge in [0.05, 0.1) is 10.5 Å². The molecule has 2 aromatic rings. The van der Waals surface area contributed by atoms with Crippen LogP contribution < -0.4 is 15.5 Å². The van der Waals surface area contributed by atoms with Gasteiger partial charge in [0.25, 0.3) is 11.8 Å². The first-order chi connectivity index (χ1) is 15.8. The average molecular weight is 471 g/mol. The second-order valence-electron chi connectivity index (χ2n) is 8.79. The number of nitrogens with zero attached hydrogens (tertiary/aromatic N) is 2. The number of hydrogen-bond acceptors (Lipinski definition) is 5. The van der Waals surface area contributed by atoms with Gasteiger partial charge in [-0.25, -0.2) is 12.7 Å². The number of amides is 2. The van der Waals surface area contributed by atoms with Crippen LogP contribution in [-0.4, -0.2) is 57.8 Å². The molecule has 176 valence electrons. The summed E-state index contributed by atoms with van der Waals surface area (Å²) in [7, 11) is -0.749. The molecule has 2 aromatic carbocycles.